The van der Waals surface area contributed by atoms with Crippen molar-refractivity contribution in [3.8, 4) is 0 Å². The van der Waals surface area contributed by atoms with Gasteiger partial charge < -0.3 is 14.6 Å². The van der Waals surface area contributed by atoms with Crippen LogP contribution in [0.3, 0.4) is 0 Å². The summed E-state index contributed by atoms with van der Waals surface area (Å²) in [6, 6.07) is 0. The first-order chi connectivity index (χ1) is 18.1. The maximum absolute atomic E-state index is 13.7. The van der Waals surface area contributed by atoms with Crippen LogP contribution < -0.4 is 0 Å². The van der Waals surface area contributed by atoms with Crippen molar-refractivity contribution in [3.63, 3.8) is 0 Å². The van der Waals surface area contributed by atoms with E-state index in [2.05, 4.69) is 0 Å². The van der Waals surface area contributed by atoms with Gasteiger partial charge in [0.1, 0.15) is 17.6 Å². The Bertz CT molecular complexity index is 1080. The fourth-order valence-electron chi connectivity index (χ4n) is 8.69. The zero-order valence-corrected chi connectivity index (χ0v) is 24.4. The number of carbonyl (C=O) groups excluding carboxylic acids is 4. The summed E-state index contributed by atoms with van der Waals surface area (Å²) in [7, 11) is 0. The van der Waals surface area contributed by atoms with E-state index in [1.54, 1.807) is 6.92 Å². The standard InChI is InChI=1S/C31H45NO7/c1-7-22(34)31-17-39-27(28(2,3)4)32(31)26(37)24(25(31)36)21(33)14-29(5,6)15-23(35)38-16-30-11-18-8-19(12-30)10-20(9-18)13-30/h18-20,27,33H,7-17H2,1-6H3/b24-21-/t18?,19?,20?,27-,30?,31+/m1/s1. The van der Waals surface area contributed by atoms with E-state index in [0.29, 0.717) is 6.61 Å². The average molecular weight is 544 g/mol. The molecule has 0 aromatic heterocycles. The van der Waals surface area contributed by atoms with Gasteiger partial charge in [-0.3, -0.25) is 24.1 Å². The second-order valence-electron chi connectivity index (χ2n) is 15.1. The second-order valence-corrected chi connectivity index (χ2v) is 15.1. The minimum Gasteiger partial charge on any atom is -0.511 e. The number of ether oxygens (including phenoxy) is 2. The molecule has 8 heteroatoms. The van der Waals surface area contributed by atoms with Crippen molar-refractivity contribution in [1.29, 1.82) is 0 Å². The van der Waals surface area contributed by atoms with Gasteiger partial charge in [-0.2, -0.15) is 0 Å². The number of aliphatic hydroxyl groups is 1. The Morgan fingerprint density at radius 3 is 2.08 bits per heavy atom. The summed E-state index contributed by atoms with van der Waals surface area (Å²) in [5.74, 6) is -0.163. The lowest BCUT2D eigenvalue weighted by atomic mass is 9.50. The largest absolute Gasteiger partial charge is 0.511 e. The molecule has 6 rings (SSSR count). The molecule has 0 aromatic rings. The number of hydrogen-bond donors (Lipinski definition) is 1. The molecule has 4 saturated carbocycles. The lowest BCUT2D eigenvalue weighted by Gasteiger charge is -2.56. The number of carbonyl (C=O) groups is 4. The summed E-state index contributed by atoms with van der Waals surface area (Å²) in [6.07, 6.45) is 6.73. The molecule has 0 radical (unpaired) electrons. The van der Waals surface area contributed by atoms with Crippen molar-refractivity contribution >= 4 is 23.4 Å². The summed E-state index contributed by atoms with van der Waals surface area (Å²) in [4.78, 5) is 54.6. The van der Waals surface area contributed by atoms with E-state index in [0.717, 1.165) is 37.0 Å². The molecule has 1 amide bonds. The van der Waals surface area contributed by atoms with Gasteiger partial charge in [0.05, 0.1) is 19.6 Å². The average Bonchev–Trinajstić information content (AvgIpc) is 3.31. The highest BCUT2D eigenvalue weighted by Crippen LogP contribution is 2.60. The fourth-order valence-corrected chi connectivity index (χ4v) is 8.69. The number of aliphatic hydroxyl groups excluding tert-OH is 1. The van der Waals surface area contributed by atoms with Crippen LogP contribution in [-0.4, -0.2) is 58.4 Å². The van der Waals surface area contributed by atoms with Gasteiger partial charge in [0, 0.05) is 23.7 Å². The Labute approximate surface area is 231 Å². The molecule has 6 fully saturated rings. The smallest absolute Gasteiger partial charge is 0.306 e. The Kier molecular flexibility index (Phi) is 6.84. The molecule has 2 aliphatic heterocycles. The maximum atomic E-state index is 13.7. The third-order valence-corrected chi connectivity index (χ3v) is 9.92. The number of rotatable bonds is 8. The van der Waals surface area contributed by atoms with E-state index >= 15 is 0 Å². The fraction of sp³-hybridized carbons (Fsp3) is 0.806. The molecule has 0 unspecified atom stereocenters. The van der Waals surface area contributed by atoms with Crippen molar-refractivity contribution in [3.05, 3.63) is 11.3 Å². The molecule has 0 aromatic carbocycles. The molecule has 39 heavy (non-hydrogen) atoms. The number of allylic oxidation sites excluding steroid dienone is 1. The Morgan fingerprint density at radius 2 is 1.56 bits per heavy atom. The Balaban J connectivity index is 1.29. The molecule has 2 atom stereocenters. The van der Waals surface area contributed by atoms with Crippen LogP contribution in [-0.2, 0) is 28.7 Å². The van der Waals surface area contributed by atoms with Gasteiger partial charge in [-0.15, -0.1) is 0 Å². The summed E-state index contributed by atoms with van der Waals surface area (Å²) in [5, 5.41) is 11.1. The van der Waals surface area contributed by atoms with Crippen LogP contribution in [0, 0.1) is 34.0 Å². The molecule has 1 N–H and O–H groups in total. The summed E-state index contributed by atoms with van der Waals surface area (Å²) >= 11 is 0. The van der Waals surface area contributed by atoms with Crippen LogP contribution in [0.4, 0.5) is 0 Å². The number of Topliss-reactive ketones (excluding diaryl/α,β-unsaturated/α-hetero) is 2. The lowest BCUT2D eigenvalue weighted by Crippen LogP contribution is -2.57. The van der Waals surface area contributed by atoms with Crippen LogP contribution in [0.2, 0.25) is 0 Å². The van der Waals surface area contributed by atoms with Gasteiger partial charge in [-0.05, 0) is 61.7 Å². The molecule has 6 aliphatic rings. The molecule has 4 bridgehead atoms. The van der Waals surface area contributed by atoms with Gasteiger partial charge >= 0.3 is 5.97 Å². The predicted molar refractivity (Wildman–Crippen MR) is 143 cm³/mol. The molecule has 2 saturated heterocycles. The highest BCUT2D eigenvalue weighted by Gasteiger charge is 2.68. The summed E-state index contributed by atoms with van der Waals surface area (Å²) in [5.41, 5.74) is -3.28. The summed E-state index contributed by atoms with van der Waals surface area (Å²) < 4.78 is 11.7. The zero-order valence-electron chi connectivity index (χ0n) is 24.4. The molecule has 2 heterocycles. The minimum atomic E-state index is -1.74. The number of esters is 1. The van der Waals surface area contributed by atoms with Crippen LogP contribution >= 0.6 is 0 Å². The van der Waals surface area contributed by atoms with E-state index in [9.17, 15) is 24.3 Å². The summed E-state index contributed by atoms with van der Waals surface area (Å²) in [6.45, 7) is 11.1. The van der Waals surface area contributed by atoms with Crippen molar-refractivity contribution < 1.29 is 33.8 Å². The van der Waals surface area contributed by atoms with Crippen molar-refractivity contribution in [2.45, 2.75) is 111 Å². The minimum absolute atomic E-state index is 0.0512. The van der Waals surface area contributed by atoms with Gasteiger partial charge in [0.25, 0.3) is 5.91 Å². The van der Waals surface area contributed by atoms with Gasteiger partial charge in [-0.1, -0.05) is 41.5 Å². The van der Waals surface area contributed by atoms with Gasteiger partial charge in [0.15, 0.2) is 11.3 Å². The van der Waals surface area contributed by atoms with E-state index in [1.807, 2.05) is 34.6 Å². The topological polar surface area (TPSA) is 110 Å². The first-order valence-electron chi connectivity index (χ1n) is 14.7. The predicted octanol–water partition coefficient (Wildman–Crippen LogP) is 4.90. The van der Waals surface area contributed by atoms with E-state index in [-0.39, 0.29) is 48.6 Å². The molecular weight excluding hydrogens is 498 g/mol. The SMILES string of the molecule is CCC(=O)[C@]12CO[C@H](C(C)(C)C)N1C(=O)/C(=C(\O)CC(C)(C)CC(=O)OCC13CC4CC(CC(C4)C1)C3)C2=O. The van der Waals surface area contributed by atoms with E-state index in [1.165, 1.54) is 24.2 Å². The van der Waals surface area contributed by atoms with Gasteiger partial charge in [-0.25, -0.2) is 0 Å². The van der Waals surface area contributed by atoms with Crippen LogP contribution in [0.25, 0.3) is 0 Å². The first-order valence-corrected chi connectivity index (χ1v) is 14.7. The second kappa shape index (κ2) is 9.42. The highest BCUT2D eigenvalue weighted by atomic mass is 16.5. The number of hydrogen-bond acceptors (Lipinski definition) is 7. The molecule has 216 valence electrons. The highest BCUT2D eigenvalue weighted by molar-refractivity contribution is 6.36. The van der Waals surface area contributed by atoms with Crippen molar-refractivity contribution in [2.75, 3.05) is 13.2 Å². The molecular formula is C31H45NO7. The first kappa shape index (κ1) is 28.3. The van der Waals surface area contributed by atoms with Crippen LogP contribution in [0.1, 0.15) is 99.3 Å². The van der Waals surface area contributed by atoms with Crippen LogP contribution in [0.5, 0.6) is 0 Å². The number of fused-ring (bicyclic) bond motifs is 1. The number of nitrogens with zero attached hydrogens (tertiary/aromatic N) is 1. The molecule has 4 aliphatic carbocycles. The van der Waals surface area contributed by atoms with Crippen molar-refractivity contribution in [2.24, 2.45) is 34.0 Å². The quantitative estimate of drug-likeness (QED) is 0.152. The normalized spacial score (nSPS) is 36.9. The Morgan fingerprint density at radius 1 is 1.00 bits per heavy atom. The van der Waals surface area contributed by atoms with E-state index < -0.39 is 40.1 Å². The number of ketones is 2. The lowest BCUT2D eigenvalue weighted by molar-refractivity contribution is -0.157. The molecule has 8 nitrogen and oxygen atoms in total. The number of amides is 1. The van der Waals surface area contributed by atoms with Crippen molar-refractivity contribution in [1.82, 2.24) is 4.90 Å². The van der Waals surface area contributed by atoms with Crippen LogP contribution in [0.15, 0.2) is 11.3 Å². The molecule has 0 spiro atoms. The Hall–Kier alpha value is -2.22. The van der Waals surface area contributed by atoms with Gasteiger partial charge in [0.2, 0.25) is 5.78 Å². The van der Waals surface area contributed by atoms with E-state index in [4.69, 9.17) is 9.47 Å². The third kappa shape index (κ3) is 4.74. The maximum Gasteiger partial charge on any atom is 0.306 e. The third-order valence-electron chi connectivity index (χ3n) is 9.92. The monoisotopic (exact) mass is 543 g/mol. The zero-order chi connectivity index (χ0) is 28.5.